The average Bonchev–Trinajstić information content (AvgIpc) is 2.56. The third-order valence-electron chi connectivity index (χ3n) is 3.89. The number of aliphatic hydroxyl groups excluding tert-OH is 1. The molecule has 134 valence electrons. The molecular weight excluding hydrogens is 340 g/mol. The number of carboxylic acids is 1. The van der Waals surface area contributed by atoms with Crippen molar-refractivity contribution in [3.8, 4) is 0 Å². The number of carbonyl (C=O) groups is 1. The van der Waals surface area contributed by atoms with E-state index in [-0.39, 0.29) is 6.42 Å². The third-order valence-corrected chi connectivity index (χ3v) is 4.12. The Hall–Kier alpha value is -2.08. The van der Waals surface area contributed by atoms with E-state index < -0.39 is 12.1 Å². The maximum Gasteiger partial charge on any atom is 0.307 e. The highest BCUT2D eigenvalue weighted by molar-refractivity contribution is 6.30. The molecular formula is C19H23ClN2O3. The fourth-order valence-electron chi connectivity index (χ4n) is 2.53. The molecule has 25 heavy (non-hydrogen) atoms. The summed E-state index contributed by atoms with van der Waals surface area (Å²) in [4.78, 5) is 10.8. The lowest BCUT2D eigenvalue weighted by molar-refractivity contribution is -0.136. The summed E-state index contributed by atoms with van der Waals surface area (Å²) in [5, 5.41) is 26.0. The second kappa shape index (κ2) is 9.42. The van der Waals surface area contributed by atoms with Crippen molar-refractivity contribution >= 4 is 23.3 Å². The SMILES string of the molecule is Cc1cc(NCCNC[C@H](O)c2cccc(Cl)c2)ccc1CC(=O)O. The Morgan fingerprint density at radius 1 is 1.20 bits per heavy atom. The Balaban J connectivity index is 1.72. The largest absolute Gasteiger partial charge is 0.481 e. The number of carboxylic acid groups (broad SMARTS) is 1. The van der Waals surface area contributed by atoms with Crippen LogP contribution in [0.3, 0.4) is 0 Å². The molecule has 0 bridgehead atoms. The summed E-state index contributed by atoms with van der Waals surface area (Å²) in [7, 11) is 0. The van der Waals surface area contributed by atoms with Gasteiger partial charge in [-0.1, -0.05) is 29.8 Å². The molecule has 2 rings (SSSR count). The molecule has 0 aromatic heterocycles. The van der Waals surface area contributed by atoms with Gasteiger partial charge in [-0.2, -0.15) is 0 Å². The molecule has 2 aromatic rings. The number of halogens is 1. The number of hydrogen-bond acceptors (Lipinski definition) is 4. The molecule has 0 fully saturated rings. The molecule has 2 aromatic carbocycles. The zero-order chi connectivity index (χ0) is 18.2. The van der Waals surface area contributed by atoms with Crippen LogP contribution in [0.5, 0.6) is 0 Å². The van der Waals surface area contributed by atoms with E-state index >= 15 is 0 Å². The standard InChI is InChI=1S/C19H23ClN2O3/c1-13-9-17(6-5-14(13)11-19(24)25)22-8-7-21-12-18(23)15-3-2-4-16(20)10-15/h2-6,9-10,18,21-23H,7-8,11-12H2,1H3,(H,24,25)/t18-/m0/s1. The highest BCUT2D eigenvalue weighted by Crippen LogP contribution is 2.17. The first-order valence-electron chi connectivity index (χ1n) is 8.15. The number of benzene rings is 2. The van der Waals surface area contributed by atoms with Crippen molar-refractivity contribution < 1.29 is 15.0 Å². The minimum absolute atomic E-state index is 0.0368. The van der Waals surface area contributed by atoms with Crippen molar-refractivity contribution in [2.75, 3.05) is 25.0 Å². The van der Waals surface area contributed by atoms with Gasteiger partial charge in [-0.25, -0.2) is 0 Å². The quantitative estimate of drug-likeness (QED) is 0.515. The lowest BCUT2D eigenvalue weighted by Gasteiger charge is -2.14. The molecule has 0 heterocycles. The van der Waals surface area contributed by atoms with Crippen LogP contribution in [0.4, 0.5) is 5.69 Å². The summed E-state index contributed by atoms with van der Waals surface area (Å²) < 4.78 is 0. The third kappa shape index (κ3) is 6.38. The molecule has 4 N–H and O–H groups in total. The lowest BCUT2D eigenvalue weighted by atomic mass is 10.1. The van der Waals surface area contributed by atoms with Crippen LogP contribution >= 0.6 is 11.6 Å². The van der Waals surface area contributed by atoms with Gasteiger partial charge >= 0.3 is 5.97 Å². The Morgan fingerprint density at radius 2 is 2.00 bits per heavy atom. The summed E-state index contributed by atoms with van der Waals surface area (Å²) in [6, 6.07) is 12.9. The predicted molar refractivity (Wildman–Crippen MR) is 100 cm³/mol. The molecule has 5 nitrogen and oxygen atoms in total. The molecule has 0 unspecified atom stereocenters. The smallest absolute Gasteiger partial charge is 0.307 e. The molecule has 0 saturated heterocycles. The molecule has 0 aliphatic heterocycles. The molecule has 0 amide bonds. The molecule has 0 saturated carbocycles. The molecule has 6 heteroatoms. The number of anilines is 1. The number of hydrogen-bond donors (Lipinski definition) is 4. The minimum atomic E-state index is -0.828. The average molecular weight is 363 g/mol. The maximum atomic E-state index is 10.8. The van der Waals surface area contributed by atoms with Crippen LogP contribution < -0.4 is 10.6 Å². The van der Waals surface area contributed by atoms with Gasteiger partial charge in [-0.15, -0.1) is 0 Å². The van der Waals surface area contributed by atoms with E-state index in [0.29, 0.717) is 24.7 Å². The van der Waals surface area contributed by atoms with Gasteiger partial charge in [0.15, 0.2) is 0 Å². The van der Waals surface area contributed by atoms with Crippen molar-refractivity contribution in [1.29, 1.82) is 0 Å². The highest BCUT2D eigenvalue weighted by atomic mass is 35.5. The van der Waals surface area contributed by atoms with E-state index in [1.807, 2.05) is 37.3 Å². The van der Waals surface area contributed by atoms with E-state index in [0.717, 1.165) is 22.4 Å². The zero-order valence-electron chi connectivity index (χ0n) is 14.1. The number of aliphatic hydroxyl groups is 1. The van der Waals surface area contributed by atoms with Gasteiger partial charge in [0.2, 0.25) is 0 Å². The van der Waals surface area contributed by atoms with Gasteiger partial charge in [0.1, 0.15) is 0 Å². The van der Waals surface area contributed by atoms with E-state index in [1.54, 1.807) is 12.1 Å². The number of aryl methyl sites for hydroxylation is 1. The van der Waals surface area contributed by atoms with E-state index in [4.69, 9.17) is 16.7 Å². The van der Waals surface area contributed by atoms with Crippen LogP contribution in [0.2, 0.25) is 5.02 Å². The van der Waals surface area contributed by atoms with Crippen LogP contribution in [0.1, 0.15) is 22.8 Å². The fraction of sp³-hybridized carbons (Fsp3) is 0.316. The number of aliphatic carboxylic acids is 1. The number of nitrogens with one attached hydrogen (secondary N) is 2. The molecule has 0 radical (unpaired) electrons. The van der Waals surface area contributed by atoms with Gasteiger partial charge in [-0.05, 0) is 47.9 Å². The van der Waals surface area contributed by atoms with Gasteiger partial charge in [0.25, 0.3) is 0 Å². The summed E-state index contributed by atoms with van der Waals surface area (Å²) >= 11 is 5.92. The first-order valence-corrected chi connectivity index (χ1v) is 8.53. The maximum absolute atomic E-state index is 10.8. The first kappa shape index (κ1) is 19.2. The minimum Gasteiger partial charge on any atom is -0.481 e. The van der Waals surface area contributed by atoms with Gasteiger partial charge in [-0.3, -0.25) is 4.79 Å². The Bertz CT molecular complexity index is 722. The van der Waals surface area contributed by atoms with E-state index in [1.165, 1.54) is 0 Å². The van der Waals surface area contributed by atoms with Crippen molar-refractivity contribution in [2.45, 2.75) is 19.4 Å². The molecule has 0 spiro atoms. The van der Waals surface area contributed by atoms with Crippen molar-refractivity contribution in [3.63, 3.8) is 0 Å². The highest BCUT2D eigenvalue weighted by Gasteiger charge is 2.07. The second-order valence-corrected chi connectivity index (χ2v) is 6.35. The monoisotopic (exact) mass is 362 g/mol. The zero-order valence-corrected chi connectivity index (χ0v) is 14.9. The van der Waals surface area contributed by atoms with Gasteiger partial charge in [0.05, 0.1) is 12.5 Å². The second-order valence-electron chi connectivity index (χ2n) is 5.91. The first-order chi connectivity index (χ1) is 12.0. The Morgan fingerprint density at radius 3 is 2.68 bits per heavy atom. The normalized spacial score (nSPS) is 12.0. The molecule has 1 atom stereocenters. The lowest BCUT2D eigenvalue weighted by Crippen LogP contribution is -2.26. The van der Waals surface area contributed by atoms with E-state index in [9.17, 15) is 9.90 Å². The summed E-state index contributed by atoms with van der Waals surface area (Å²) in [5.74, 6) is -0.828. The molecule has 0 aliphatic rings. The topological polar surface area (TPSA) is 81.6 Å². The van der Waals surface area contributed by atoms with E-state index in [2.05, 4.69) is 10.6 Å². The summed E-state index contributed by atoms with van der Waals surface area (Å²) in [6.45, 7) is 3.73. The van der Waals surface area contributed by atoms with Crippen molar-refractivity contribution in [3.05, 3.63) is 64.2 Å². The van der Waals surface area contributed by atoms with Gasteiger partial charge < -0.3 is 20.8 Å². The van der Waals surface area contributed by atoms with Gasteiger partial charge in [0, 0.05) is 30.3 Å². The Labute approximate surface area is 152 Å². The summed E-state index contributed by atoms with van der Waals surface area (Å²) in [6.07, 6.45) is -0.564. The molecule has 0 aliphatic carbocycles. The van der Waals surface area contributed by atoms with Crippen molar-refractivity contribution in [2.24, 2.45) is 0 Å². The van der Waals surface area contributed by atoms with Crippen molar-refractivity contribution in [1.82, 2.24) is 5.32 Å². The predicted octanol–water partition coefficient (Wildman–Crippen LogP) is 3.01. The fourth-order valence-corrected chi connectivity index (χ4v) is 2.73. The Kier molecular flexibility index (Phi) is 7.25. The summed E-state index contributed by atoms with van der Waals surface area (Å²) in [5.41, 5.74) is 3.51. The van der Waals surface area contributed by atoms with Crippen LogP contribution in [0.25, 0.3) is 0 Å². The number of rotatable bonds is 9. The van der Waals surface area contributed by atoms with Crippen LogP contribution in [-0.2, 0) is 11.2 Å². The van der Waals surface area contributed by atoms with Crippen LogP contribution in [0, 0.1) is 6.92 Å². The van der Waals surface area contributed by atoms with Crippen LogP contribution in [-0.4, -0.2) is 35.8 Å². The van der Waals surface area contributed by atoms with Crippen LogP contribution in [0.15, 0.2) is 42.5 Å².